The molecule has 146 valence electrons. The number of sulfonamides is 1. The molecule has 1 amide bonds. The van der Waals surface area contributed by atoms with Crippen LogP contribution in [-0.4, -0.2) is 37.2 Å². The molecule has 7 nitrogen and oxygen atoms in total. The molecule has 0 unspecified atom stereocenters. The summed E-state index contributed by atoms with van der Waals surface area (Å²) in [7, 11) is -2.17. The lowest BCUT2D eigenvalue weighted by molar-refractivity contribution is 0.0943. The molecule has 0 aliphatic rings. The fraction of sp³-hybridized carbons (Fsp3) is 0.158. The van der Waals surface area contributed by atoms with E-state index in [1.807, 2.05) is 36.6 Å². The number of carbonyl (C=O) groups is 1. The van der Waals surface area contributed by atoms with Crippen LogP contribution in [-0.2, 0) is 16.6 Å². The van der Waals surface area contributed by atoms with Crippen LogP contribution in [0.1, 0.15) is 16.1 Å². The maximum absolute atomic E-state index is 12.8. The van der Waals surface area contributed by atoms with Gasteiger partial charge in [0.1, 0.15) is 5.69 Å². The monoisotopic (exact) mass is 416 g/mol. The molecule has 9 heteroatoms. The summed E-state index contributed by atoms with van der Waals surface area (Å²) in [4.78, 5) is 17.2. The van der Waals surface area contributed by atoms with Gasteiger partial charge in [0.05, 0.1) is 11.1 Å². The molecule has 2 N–H and O–H groups in total. The zero-order chi connectivity index (χ0) is 20.1. The van der Waals surface area contributed by atoms with Gasteiger partial charge in [-0.05, 0) is 43.1 Å². The second kappa shape index (κ2) is 8.59. The first-order chi connectivity index (χ1) is 13.5. The Balaban J connectivity index is 1.82. The Morgan fingerprint density at radius 2 is 1.89 bits per heavy atom. The van der Waals surface area contributed by atoms with Gasteiger partial charge in [-0.15, -0.1) is 0 Å². The minimum absolute atomic E-state index is 0.153. The largest absolute Gasteiger partial charge is 0.347 e. The lowest BCUT2D eigenvalue weighted by atomic mass is 10.2. The van der Waals surface area contributed by atoms with Crippen LogP contribution >= 0.6 is 11.8 Å². The van der Waals surface area contributed by atoms with Crippen LogP contribution in [0, 0.1) is 0 Å². The van der Waals surface area contributed by atoms with Gasteiger partial charge in [-0.1, -0.05) is 42.1 Å². The lowest BCUT2D eigenvalue weighted by Gasteiger charge is -2.11. The Hall–Kier alpha value is -2.62. The van der Waals surface area contributed by atoms with Crippen LogP contribution < -0.4 is 10.0 Å². The topological polar surface area (TPSA) is 93.1 Å². The van der Waals surface area contributed by atoms with Crippen molar-refractivity contribution in [3.63, 3.8) is 0 Å². The second-order valence-electron chi connectivity index (χ2n) is 5.84. The molecule has 3 rings (SSSR count). The molecule has 0 aliphatic heterocycles. The maximum atomic E-state index is 12.8. The number of aromatic nitrogens is 2. The van der Waals surface area contributed by atoms with Crippen LogP contribution in [0.5, 0.6) is 0 Å². The highest BCUT2D eigenvalue weighted by atomic mass is 32.2. The van der Waals surface area contributed by atoms with Crippen LogP contribution in [0.3, 0.4) is 0 Å². The number of amides is 1. The number of carbonyl (C=O) groups excluding carboxylic acids is 1. The van der Waals surface area contributed by atoms with Crippen molar-refractivity contribution in [1.82, 2.24) is 19.6 Å². The van der Waals surface area contributed by atoms with Gasteiger partial charge in [-0.3, -0.25) is 9.36 Å². The van der Waals surface area contributed by atoms with Crippen molar-refractivity contribution in [2.75, 3.05) is 13.3 Å². The summed E-state index contributed by atoms with van der Waals surface area (Å²) in [5, 5.41) is 3.54. The Bertz CT molecular complexity index is 1080. The minimum atomic E-state index is -3.53. The fourth-order valence-corrected chi connectivity index (χ4v) is 4.02. The first-order valence-corrected chi connectivity index (χ1v) is 11.1. The van der Waals surface area contributed by atoms with Gasteiger partial charge in [0.25, 0.3) is 5.91 Å². The van der Waals surface area contributed by atoms with Gasteiger partial charge >= 0.3 is 0 Å². The Morgan fingerprint density at radius 1 is 1.14 bits per heavy atom. The van der Waals surface area contributed by atoms with Gasteiger partial charge in [-0.25, -0.2) is 18.1 Å². The normalized spacial score (nSPS) is 11.4. The summed E-state index contributed by atoms with van der Waals surface area (Å²) in [6.45, 7) is 0.195. The van der Waals surface area contributed by atoms with Crippen LogP contribution in [0.15, 0.2) is 70.8 Å². The predicted octanol–water partition coefficient (Wildman–Crippen LogP) is 2.43. The third-order valence-electron chi connectivity index (χ3n) is 4.09. The number of imidazole rings is 1. The molecule has 2 aromatic carbocycles. The van der Waals surface area contributed by atoms with E-state index < -0.39 is 10.0 Å². The summed E-state index contributed by atoms with van der Waals surface area (Å²) < 4.78 is 28.0. The number of benzene rings is 2. The molecule has 0 saturated carbocycles. The van der Waals surface area contributed by atoms with Gasteiger partial charge in [0, 0.05) is 12.2 Å². The van der Waals surface area contributed by atoms with Crippen molar-refractivity contribution in [3.05, 3.63) is 72.1 Å². The van der Waals surface area contributed by atoms with E-state index in [1.54, 1.807) is 16.7 Å². The molecule has 1 heterocycles. The second-order valence-corrected chi connectivity index (χ2v) is 8.50. The van der Waals surface area contributed by atoms with E-state index >= 15 is 0 Å². The molecular weight excluding hydrogens is 396 g/mol. The van der Waals surface area contributed by atoms with E-state index in [-0.39, 0.29) is 17.3 Å². The summed E-state index contributed by atoms with van der Waals surface area (Å²) in [5.41, 5.74) is 1.94. The van der Waals surface area contributed by atoms with E-state index in [0.29, 0.717) is 16.4 Å². The number of para-hydroxylation sites is 1. The number of nitrogens with zero attached hydrogens (tertiary/aromatic N) is 2. The van der Waals surface area contributed by atoms with Crippen molar-refractivity contribution in [3.8, 4) is 5.69 Å². The van der Waals surface area contributed by atoms with Crippen LogP contribution in [0.2, 0.25) is 0 Å². The van der Waals surface area contributed by atoms with Crippen LogP contribution in [0.4, 0.5) is 0 Å². The number of hydrogen-bond acceptors (Lipinski definition) is 5. The van der Waals surface area contributed by atoms with Crippen molar-refractivity contribution in [2.45, 2.75) is 16.6 Å². The number of nitrogens with one attached hydrogen (secondary N) is 2. The SMILES string of the molecule is CNS(=O)(=O)c1cccc(CNC(=O)c2cnc(SC)n2-c2ccccc2)c1. The number of rotatable bonds is 7. The van der Waals surface area contributed by atoms with Gasteiger partial charge in [-0.2, -0.15) is 0 Å². The van der Waals surface area contributed by atoms with Crippen molar-refractivity contribution in [1.29, 1.82) is 0 Å². The third kappa shape index (κ3) is 4.27. The smallest absolute Gasteiger partial charge is 0.270 e. The standard InChI is InChI=1S/C19H20N4O3S2/c1-20-28(25,26)16-10-6-7-14(11-16)12-21-18(24)17-13-22-19(27-2)23(17)15-8-4-3-5-9-15/h3-11,13,20H,12H2,1-2H3,(H,21,24). The molecule has 1 aromatic heterocycles. The molecule has 0 fully saturated rings. The highest BCUT2D eigenvalue weighted by molar-refractivity contribution is 7.98. The maximum Gasteiger partial charge on any atom is 0.270 e. The van der Waals surface area contributed by atoms with Crippen LogP contribution in [0.25, 0.3) is 5.69 Å². The van der Waals surface area contributed by atoms with E-state index in [9.17, 15) is 13.2 Å². The summed E-state index contributed by atoms with van der Waals surface area (Å²) >= 11 is 1.45. The van der Waals surface area contributed by atoms with E-state index in [1.165, 1.54) is 37.1 Å². The molecule has 0 atom stereocenters. The first kappa shape index (κ1) is 20.1. The Labute approximate surface area is 168 Å². The molecule has 0 bridgehead atoms. The zero-order valence-electron chi connectivity index (χ0n) is 15.4. The fourth-order valence-electron chi connectivity index (χ4n) is 2.68. The van der Waals surface area contributed by atoms with Gasteiger partial charge in [0.15, 0.2) is 5.16 Å². The predicted molar refractivity (Wildman–Crippen MR) is 109 cm³/mol. The van der Waals surface area contributed by atoms with Gasteiger partial charge < -0.3 is 5.32 Å². The zero-order valence-corrected chi connectivity index (χ0v) is 17.0. The highest BCUT2D eigenvalue weighted by Gasteiger charge is 2.18. The summed E-state index contributed by atoms with van der Waals surface area (Å²) in [6.07, 6.45) is 3.44. The number of hydrogen-bond donors (Lipinski definition) is 2. The van der Waals surface area contributed by atoms with Crippen molar-refractivity contribution >= 4 is 27.7 Å². The quantitative estimate of drug-likeness (QED) is 0.577. The van der Waals surface area contributed by atoms with E-state index in [4.69, 9.17) is 0 Å². The highest BCUT2D eigenvalue weighted by Crippen LogP contribution is 2.21. The van der Waals surface area contributed by atoms with E-state index in [0.717, 1.165) is 5.69 Å². The van der Waals surface area contributed by atoms with E-state index in [2.05, 4.69) is 15.0 Å². The van der Waals surface area contributed by atoms with Crippen molar-refractivity contribution < 1.29 is 13.2 Å². The minimum Gasteiger partial charge on any atom is -0.347 e. The van der Waals surface area contributed by atoms with Crippen molar-refractivity contribution in [2.24, 2.45) is 0 Å². The summed E-state index contributed by atoms with van der Waals surface area (Å²) in [5.74, 6) is -0.293. The lowest BCUT2D eigenvalue weighted by Crippen LogP contribution is -2.25. The average molecular weight is 417 g/mol. The van der Waals surface area contributed by atoms with Gasteiger partial charge in [0.2, 0.25) is 10.0 Å². The molecule has 0 aliphatic carbocycles. The first-order valence-electron chi connectivity index (χ1n) is 8.44. The Kier molecular flexibility index (Phi) is 6.18. The Morgan fingerprint density at radius 3 is 2.57 bits per heavy atom. The molecule has 0 radical (unpaired) electrons. The number of thioether (sulfide) groups is 1. The molecule has 0 spiro atoms. The molecule has 28 heavy (non-hydrogen) atoms. The third-order valence-corrected chi connectivity index (χ3v) is 6.15. The molecule has 0 saturated heterocycles. The average Bonchev–Trinajstić information content (AvgIpc) is 3.17. The summed E-state index contributed by atoms with van der Waals surface area (Å²) in [6, 6.07) is 16.0. The molecule has 3 aromatic rings. The molecular formula is C19H20N4O3S2.